The van der Waals surface area contributed by atoms with Gasteiger partial charge < -0.3 is 14.9 Å². The number of carboxylic acids is 1. The Morgan fingerprint density at radius 3 is 2.22 bits per heavy atom. The molecule has 0 aromatic carbocycles. The first-order valence-electron chi connectivity index (χ1n) is 14.8. The first-order valence-corrected chi connectivity index (χ1v) is 16.0. The topological polar surface area (TPSA) is 110 Å². The Hall–Kier alpha value is -2.68. The van der Waals surface area contributed by atoms with Crippen molar-refractivity contribution in [2.24, 2.45) is 0 Å². The van der Waals surface area contributed by atoms with Gasteiger partial charge in [0.05, 0.1) is 4.91 Å². The average molecular weight is 602 g/mol. The van der Waals surface area contributed by atoms with Crippen LogP contribution in [0.3, 0.4) is 0 Å². The van der Waals surface area contributed by atoms with Crippen molar-refractivity contribution >= 4 is 52.1 Å². The highest BCUT2D eigenvalue weighted by atomic mass is 32.2. The third-order valence-electron chi connectivity index (χ3n) is 7.77. The molecular formula is C30H43N5O4S2. The summed E-state index contributed by atoms with van der Waals surface area (Å²) in [5, 5.41) is 18.6. The van der Waals surface area contributed by atoms with Gasteiger partial charge in [-0.1, -0.05) is 69.4 Å². The zero-order valence-corrected chi connectivity index (χ0v) is 26.2. The molecule has 1 N–H and O–H groups in total. The molecule has 2 saturated heterocycles. The molecule has 1 amide bonds. The molecule has 2 aliphatic rings. The minimum absolute atomic E-state index is 0.117. The Bertz CT molecular complexity index is 1240. The minimum Gasteiger partial charge on any atom is -0.481 e. The Balaban J connectivity index is 1.72. The van der Waals surface area contributed by atoms with Crippen LogP contribution in [-0.4, -0.2) is 75.4 Å². The van der Waals surface area contributed by atoms with Crippen molar-refractivity contribution in [3.63, 3.8) is 0 Å². The van der Waals surface area contributed by atoms with Crippen LogP contribution in [0.15, 0.2) is 9.70 Å². The summed E-state index contributed by atoms with van der Waals surface area (Å²) in [6.07, 6.45) is 10.8. The summed E-state index contributed by atoms with van der Waals surface area (Å²) in [5.74, 6) is -0.0582. The maximum atomic E-state index is 13.5. The Kier molecular flexibility index (Phi) is 12.9. The van der Waals surface area contributed by atoms with Crippen molar-refractivity contribution in [2.45, 2.75) is 84.6 Å². The van der Waals surface area contributed by atoms with Gasteiger partial charge in [-0.3, -0.25) is 23.9 Å². The number of aliphatic carboxylic acids is 1. The van der Waals surface area contributed by atoms with Gasteiger partial charge in [0.25, 0.3) is 11.5 Å². The lowest BCUT2D eigenvalue weighted by Gasteiger charge is -2.36. The number of anilines is 1. The van der Waals surface area contributed by atoms with Crippen LogP contribution < -0.4 is 10.5 Å². The van der Waals surface area contributed by atoms with Crippen LogP contribution in [0.4, 0.5) is 5.82 Å². The number of likely N-dealkylation sites (N-methyl/N-ethyl adjacent to an activating group) is 1. The van der Waals surface area contributed by atoms with Gasteiger partial charge in [0.2, 0.25) is 0 Å². The van der Waals surface area contributed by atoms with Gasteiger partial charge in [-0.2, -0.15) is 5.26 Å². The van der Waals surface area contributed by atoms with Crippen molar-refractivity contribution in [1.82, 2.24) is 14.4 Å². The average Bonchev–Trinajstić information content (AvgIpc) is 3.20. The summed E-state index contributed by atoms with van der Waals surface area (Å²) in [6.45, 7) is 8.14. The number of unbranched alkanes of at least 4 members (excludes halogenated alkanes) is 7. The molecule has 0 aliphatic carbocycles. The lowest BCUT2D eigenvalue weighted by Crippen LogP contribution is -2.47. The van der Waals surface area contributed by atoms with Crippen LogP contribution in [0, 0.1) is 18.3 Å². The van der Waals surface area contributed by atoms with E-state index in [9.17, 15) is 19.6 Å². The summed E-state index contributed by atoms with van der Waals surface area (Å²) in [4.78, 5) is 44.1. The number of aromatic nitrogens is 1. The number of amides is 1. The predicted octanol–water partition coefficient (Wildman–Crippen LogP) is 4.99. The normalized spacial score (nSPS) is 17.1. The summed E-state index contributed by atoms with van der Waals surface area (Å²) in [6, 6.07) is 2.12. The van der Waals surface area contributed by atoms with E-state index in [0.717, 1.165) is 95.3 Å². The highest BCUT2D eigenvalue weighted by Gasteiger charge is 2.33. The summed E-state index contributed by atoms with van der Waals surface area (Å²) >= 11 is 6.88. The van der Waals surface area contributed by atoms with Crippen LogP contribution in [0.25, 0.3) is 6.08 Å². The fourth-order valence-electron chi connectivity index (χ4n) is 5.36. The second-order valence-corrected chi connectivity index (χ2v) is 12.6. The maximum Gasteiger partial charge on any atom is 0.303 e. The van der Waals surface area contributed by atoms with E-state index in [-0.39, 0.29) is 23.5 Å². The number of thioether (sulfide) groups is 1. The molecule has 1 aromatic rings. The molecular weight excluding hydrogens is 558 g/mol. The number of hydrogen-bond donors (Lipinski definition) is 1. The van der Waals surface area contributed by atoms with Crippen molar-refractivity contribution < 1.29 is 14.7 Å². The van der Waals surface area contributed by atoms with E-state index in [0.29, 0.717) is 27.9 Å². The third-order valence-corrected chi connectivity index (χ3v) is 9.15. The molecule has 0 unspecified atom stereocenters. The van der Waals surface area contributed by atoms with Gasteiger partial charge in [-0.15, -0.1) is 0 Å². The van der Waals surface area contributed by atoms with Crippen LogP contribution in [0.5, 0.6) is 0 Å². The first-order chi connectivity index (χ1) is 19.7. The highest BCUT2D eigenvalue weighted by molar-refractivity contribution is 8.26. The molecule has 0 spiro atoms. The highest BCUT2D eigenvalue weighted by Crippen LogP contribution is 2.36. The van der Waals surface area contributed by atoms with E-state index in [4.69, 9.17) is 17.3 Å². The largest absolute Gasteiger partial charge is 0.481 e. The third kappa shape index (κ3) is 8.66. The lowest BCUT2D eigenvalue weighted by molar-refractivity contribution is -0.137. The van der Waals surface area contributed by atoms with Crippen LogP contribution >= 0.6 is 24.0 Å². The standard InChI is InChI=1S/C30H43N5O4S2/c1-4-14-34-27(33-18-16-32(3)17-19-33)23(22(2)24(21-31)28(34)38)20-25-29(39)35(30(40)41-25)15-12-10-8-6-5-7-9-11-13-26(36)37/h20H,4-19H2,1-3H3,(H,36,37). The summed E-state index contributed by atoms with van der Waals surface area (Å²) in [5.41, 5.74) is 1.21. The number of pyridine rings is 1. The van der Waals surface area contributed by atoms with Crippen molar-refractivity contribution in [3.8, 4) is 6.07 Å². The van der Waals surface area contributed by atoms with Crippen LogP contribution in [-0.2, 0) is 16.1 Å². The molecule has 2 aliphatic heterocycles. The molecule has 1 aromatic heterocycles. The van der Waals surface area contributed by atoms with E-state index < -0.39 is 5.97 Å². The smallest absolute Gasteiger partial charge is 0.303 e. The molecule has 224 valence electrons. The SMILES string of the molecule is CCCn1c(N2CCN(C)CC2)c(C=C2SC(=S)N(CCCCCCCCCCC(=O)O)C2=O)c(C)c(C#N)c1=O. The zero-order chi connectivity index (χ0) is 29.9. The molecule has 11 heteroatoms. The van der Waals surface area contributed by atoms with Gasteiger partial charge in [0.1, 0.15) is 21.8 Å². The van der Waals surface area contributed by atoms with Crippen molar-refractivity contribution in [3.05, 3.63) is 31.9 Å². The fourth-order valence-corrected chi connectivity index (χ4v) is 6.66. The van der Waals surface area contributed by atoms with Crippen molar-refractivity contribution in [2.75, 3.05) is 44.7 Å². The molecule has 0 radical (unpaired) electrons. The molecule has 0 atom stereocenters. The second kappa shape index (κ2) is 16.1. The number of nitriles is 1. The van der Waals surface area contributed by atoms with Crippen molar-refractivity contribution in [1.29, 1.82) is 5.26 Å². The zero-order valence-electron chi connectivity index (χ0n) is 24.6. The van der Waals surface area contributed by atoms with E-state index >= 15 is 0 Å². The second-order valence-electron chi connectivity index (χ2n) is 10.9. The van der Waals surface area contributed by atoms with Gasteiger partial charge in [-0.05, 0) is 44.9 Å². The fraction of sp³-hybridized carbons (Fsp3) is 0.633. The molecule has 3 heterocycles. The van der Waals surface area contributed by atoms with Gasteiger partial charge in [-0.25, -0.2) is 0 Å². The van der Waals surface area contributed by atoms with Crippen LogP contribution in [0.1, 0.15) is 87.8 Å². The number of piperazine rings is 1. The van der Waals surface area contributed by atoms with Gasteiger partial charge in [0, 0.05) is 51.3 Å². The number of carbonyl (C=O) groups excluding carboxylic acids is 1. The monoisotopic (exact) mass is 601 g/mol. The van der Waals surface area contributed by atoms with E-state index in [1.165, 1.54) is 11.8 Å². The van der Waals surface area contributed by atoms with Gasteiger partial charge in [0.15, 0.2) is 0 Å². The molecule has 0 saturated carbocycles. The molecule has 41 heavy (non-hydrogen) atoms. The number of thiocarbonyl (C=S) groups is 1. The first kappa shape index (κ1) is 32.8. The Labute approximate surface area is 253 Å². The van der Waals surface area contributed by atoms with Crippen LogP contribution in [0.2, 0.25) is 0 Å². The number of nitrogens with zero attached hydrogens (tertiary/aromatic N) is 5. The molecule has 2 fully saturated rings. The number of rotatable bonds is 15. The quantitative estimate of drug-likeness (QED) is 0.169. The van der Waals surface area contributed by atoms with Gasteiger partial charge >= 0.3 is 5.97 Å². The Morgan fingerprint density at radius 2 is 1.63 bits per heavy atom. The number of carboxylic acid groups (broad SMARTS) is 1. The van der Waals surface area contributed by atoms with E-state index in [2.05, 4.69) is 22.9 Å². The molecule has 3 rings (SSSR count). The number of hydrogen-bond acceptors (Lipinski definition) is 8. The molecule has 0 bridgehead atoms. The summed E-state index contributed by atoms with van der Waals surface area (Å²) in [7, 11) is 2.08. The van der Waals surface area contributed by atoms with E-state index in [1.54, 1.807) is 16.4 Å². The minimum atomic E-state index is -0.728. The Morgan fingerprint density at radius 1 is 1.02 bits per heavy atom. The summed E-state index contributed by atoms with van der Waals surface area (Å²) < 4.78 is 2.26. The molecule has 9 nitrogen and oxygen atoms in total. The maximum absolute atomic E-state index is 13.5. The number of carbonyl (C=O) groups is 2. The lowest BCUT2D eigenvalue weighted by atomic mass is 10.0. The van der Waals surface area contributed by atoms with E-state index in [1.807, 2.05) is 13.0 Å². The predicted molar refractivity (Wildman–Crippen MR) is 169 cm³/mol.